The lowest BCUT2D eigenvalue weighted by Gasteiger charge is -2.08. The maximum Gasteiger partial charge on any atom is 0.238 e. The molecule has 8 nitrogen and oxygen atoms in total. The first kappa shape index (κ1) is 19.4. The molecular formula is C21H16O8. The molecule has 29 heavy (non-hydrogen) atoms. The highest BCUT2D eigenvalue weighted by molar-refractivity contribution is 5.88. The van der Waals surface area contributed by atoms with Gasteiger partial charge < -0.3 is 35.1 Å². The average molecular weight is 396 g/mol. The summed E-state index contributed by atoms with van der Waals surface area (Å²) in [5.74, 6) is -2.39. The molecule has 0 unspecified atom stereocenters. The second-order valence-electron chi connectivity index (χ2n) is 5.99. The summed E-state index contributed by atoms with van der Waals surface area (Å²) in [7, 11) is 0. The second-order valence-corrected chi connectivity index (χ2v) is 5.99. The van der Waals surface area contributed by atoms with Crippen LogP contribution < -0.4 is 5.43 Å². The number of phenols is 5. The van der Waals surface area contributed by atoms with Crippen LogP contribution in [0.1, 0.15) is 0 Å². The molecule has 1 heterocycles. The van der Waals surface area contributed by atoms with E-state index in [1.807, 2.05) is 6.07 Å². The number of fused-ring (bicyclic) bond motifs is 1. The Bertz CT molecular complexity index is 1230. The van der Waals surface area contributed by atoms with E-state index in [-0.39, 0.29) is 33.8 Å². The molecule has 148 valence electrons. The van der Waals surface area contributed by atoms with Crippen LogP contribution in [0.3, 0.4) is 0 Å². The maximum atomic E-state index is 12.1. The third-order valence-corrected chi connectivity index (χ3v) is 3.93. The molecule has 4 rings (SSSR count). The van der Waals surface area contributed by atoms with Crippen LogP contribution in [-0.4, -0.2) is 30.6 Å². The summed E-state index contributed by atoms with van der Waals surface area (Å²) in [5, 5.41) is 56.3. The zero-order chi connectivity index (χ0) is 21.1. The number of hydrogen-bond donors (Lipinski definition) is 6. The van der Waals surface area contributed by atoms with Gasteiger partial charge >= 0.3 is 0 Å². The van der Waals surface area contributed by atoms with E-state index in [9.17, 15) is 30.3 Å². The summed E-state index contributed by atoms with van der Waals surface area (Å²) in [6.45, 7) is 0. The molecule has 0 aliphatic heterocycles. The Hall–Kier alpha value is -4.33. The summed E-state index contributed by atoms with van der Waals surface area (Å²) in [5.41, 5.74) is -0.890. The first-order chi connectivity index (χ1) is 13.8. The van der Waals surface area contributed by atoms with Crippen molar-refractivity contribution in [1.82, 2.24) is 0 Å². The predicted molar refractivity (Wildman–Crippen MR) is 104 cm³/mol. The Morgan fingerprint density at radius 1 is 0.655 bits per heavy atom. The van der Waals surface area contributed by atoms with Crippen molar-refractivity contribution in [2.24, 2.45) is 0 Å². The van der Waals surface area contributed by atoms with Gasteiger partial charge in [0.05, 0.1) is 0 Å². The van der Waals surface area contributed by atoms with Crippen molar-refractivity contribution >= 4 is 11.0 Å². The van der Waals surface area contributed by atoms with E-state index in [1.165, 1.54) is 6.07 Å². The van der Waals surface area contributed by atoms with Crippen molar-refractivity contribution in [3.8, 4) is 45.8 Å². The first-order valence-electron chi connectivity index (χ1n) is 8.26. The number of hydrogen-bond acceptors (Lipinski definition) is 8. The summed E-state index contributed by atoms with van der Waals surface area (Å²) in [6, 6.07) is 14.4. The van der Waals surface area contributed by atoms with Crippen LogP contribution in [-0.2, 0) is 0 Å². The van der Waals surface area contributed by atoms with E-state index in [2.05, 4.69) is 0 Å². The fraction of sp³-hybridized carbons (Fsp3) is 0. The molecule has 8 heteroatoms. The zero-order valence-electron chi connectivity index (χ0n) is 14.8. The number of aromatic hydroxyl groups is 6. The quantitative estimate of drug-likeness (QED) is 0.268. The van der Waals surface area contributed by atoms with Gasteiger partial charge in [0.15, 0.2) is 17.3 Å². The van der Waals surface area contributed by atoms with Gasteiger partial charge in [-0.05, 0) is 30.3 Å². The van der Waals surface area contributed by atoms with Crippen molar-refractivity contribution in [2.75, 3.05) is 0 Å². The minimum Gasteiger partial charge on any atom is -0.508 e. The van der Waals surface area contributed by atoms with Crippen LogP contribution in [0.25, 0.3) is 22.3 Å². The average Bonchev–Trinajstić information content (AvgIpc) is 2.67. The fourth-order valence-corrected chi connectivity index (χ4v) is 2.56. The summed E-state index contributed by atoms with van der Waals surface area (Å²) < 4.78 is 5.35. The van der Waals surface area contributed by atoms with Crippen LogP contribution in [0.2, 0.25) is 0 Å². The van der Waals surface area contributed by atoms with Crippen LogP contribution in [0.4, 0.5) is 0 Å². The molecule has 0 radical (unpaired) electrons. The highest BCUT2D eigenvalue weighted by atomic mass is 16.4. The number of rotatable bonds is 1. The number of phenolic OH excluding ortho intramolecular Hbond substituents is 5. The van der Waals surface area contributed by atoms with E-state index in [0.29, 0.717) is 5.75 Å². The van der Waals surface area contributed by atoms with Gasteiger partial charge in [0.2, 0.25) is 11.2 Å². The Balaban J connectivity index is 0.000000290. The fourth-order valence-electron chi connectivity index (χ4n) is 2.56. The highest BCUT2D eigenvalue weighted by Gasteiger charge is 2.19. The molecule has 0 aliphatic carbocycles. The molecule has 0 aliphatic rings. The lowest BCUT2D eigenvalue weighted by molar-refractivity contribution is 0.403. The van der Waals surface area contributed by atoms with Gasteiger partial charge in [-0.3, -0.25) is 4.79 Å². The van der Waals surface area contributed by atoms with Crippen molar-refractivity contribution in [3.63, 3.8) is 0 Å². The zero-order valence-corrected chi connectivity index (χ0v) is 14.8. The third-order valence-electron chi connectivity index (χ3n) is 3.93. The molecule has 0 saturated carbocycles. The minimum absolute atomic E-state index is 0.134. The van der Waals surface area contributed by atoms with Crippen molar-refractivity contribution in [1.29, 1.82) is 0 Å². The Kier molecular flexibility index (Phi) is 5.18. The molecule has 0 saturated heterocycles. The van der Waals surface area contributed by atoms with Crippen molar-refractivity contribution < 1.29 is 35.1 Å². The van der Waals surface area contributed by atoms with E-state index >= 15 is 0 Å². The Morgan fingerprint density at radius 3 is 1.93 bits per heavy atom. The molecule has 4 aromatic rings. The molecule has 3 aromatic carbocycles. The lowest BCUT2D eigenvalue weighted by atomic mass is 10.1. The van der Waals surface area contributed by atoms with Gasteiger partial charge in [-0.15, -0.1) is 0 Å². The highest BCUT2D eigenvalue weighted by Crippen LogP contribution is 2.37. The summed E-state index contributed by atoms with van der Waals surface area (Å²) >= 11 is 0. The van der Waals surface area contributed by atoms with Gasteiger partial charge in [0.1, 0.15) is 28.2 Å². The SMILES string of the molecule is O=c1c(O)c(-c2ccc(O)c(O)c2)oc2cc(O)cc(O)c12.Oc1ccccc1. The number of para-hydroxylation sites is 1. The first-order valence-corrected chi connectivity index (χ1v) is 8.26. The molecule has 0 fully saturated rings. The summed E-state index contributed by atoms with van der Waals surface area (Å²) in [4.78, 5) is 12.1. The standard InChI is InChI=1S/C15H10O7.C6H6O/c16-7-4-10(19)12-11(5-7)22-15(14(21)13(12)20)6-1-2-8(17)9(18)3-6;7-6-4-2-1-3-5-6/h1-5,16-19,21H;1-5,7H. The maximum absolute atomic E-state index is 12.1. The van der Waals surface area contributed by atoms with Gasteiger partial charge in [0, 0.05) is 17.7 Å². The van der Waals surface area contributed by atoms with E-state index in [1.54, 1.807) is 24.3 Å². The van der Waals surface area contributed by atoms with Crippen molar-refractivity contribution in [2.45, 2.75) is 0 Å². The Labute approximate surface area is 163 Å². The van der Waals surface area contributed by atoms with E-state index < -0.39 is 22.7 Å². The Morgan fingerprint density at radius 2 is 1.34 bits per heavy atom. The number of benzene rings is 3. The topological polar surface area (TPSA) is 152 Å². The van der Waals surface area contributed by atoms with Crippen LogP contribution in [0.5, 0.6) is 34.5 Å². The van der Waals surface area contributed by atoms with Gasteiger partial charge in [-0.25, -0.2) is 0 Å². The minimum atomic E-state index is -0.888. The second kappa shape index (κ2) is 7.73. The lowest BCUT2D eigenvalue weighted by Crippen LogP contribution is -2.02. The molecule has 1 aromatic heterocycles. The van der Waals surface area contributed by atoms with Crippen LogP contribution in [0.15, 0.2) is 69.9 Å². The smallest absolute Gasteiger partial charge is 0.238 e. The molecule has 0 amide bonds. The molecular weight excluding hydrogens is 380 g/mol. The van der Waals surface area contributed by atoms with Gasteiger partial charge in [0.25, 0.3) is 0 Å². The predicted octanol–water partition coefficient (Wildman–Crippen LogP) is 3.38. The van der Waals surface area contributed by atoms with Gasteiger partial charge in [-0.1, -0.05) is 18.2 Å². The van der Waals surface area contributed by atoms with E-state index in [0.717, 1.165) is 24.3 Å². The largest absolute Gasteiger partial charge is 0.508 e. The monoisotopic (exact) mass is 396 g/mol. The molecule has 0 bridgehead atoms. The van der Waals surface area contributed by atoms with Crippen LogP contribution in [0, 0.1) is 0 Å². The molecule has 0 spiro atoms. The molecule has 6 N–H and O–H groups in total. The third kappa shape index (κ3) is 4.01. The van der Waals surface area contributed by atoms with Crippen LogP contribution >= 0.6 is 0 Å². The van der Waals surface area contributed by atoms with Crippen molar-refractivity contribution in [3.05, 3.63) is 70.9 Å². The van der Waals surface area contributed by atoms with E-state index in [4.69, 9.17) is 9.52 Å². The summed E-state index contributed by atoms with van der Waals surface area (Å²) in [6.07, 6.45) is 0. The normalized spacial score (nSPS) is 10.3. The van der Waals surface area contributed by atoms with Gasteiger partial charge in [-0.2, -0.15) is 0 Å². The molecule has 0 atom stereocenters.